The van der Waals surface area contributed by atoms with Crippen molar-refractivity contribution >= 4 is 32.3 Å². The maximum absolute atomic E-state index is 13.2. The van der Waals surface area contributed by atoms with Crippen LogP contribution in [0.2, 0.25) is 0 Å². The van der Waals surface area contributed by atoms with Crippen molar-refractivity contribution in [3.8, 4) is 5.75 Å². The van der Waals surface area contributed by atoms with Crippen LogP contribution in [0.4, 0.5) is 5.69 Å². The zero-order valence-corrected chi connectivity index (χ0v) is 18.0. The van der Waals surface area contributed by atoms with Crippen LogP contribution < -0.4 is 15.5 Å². The fraction of sp³-hybridized carbons (Fsp3) is 0.0833. The first-order chi connectivity index (χ1) is 15.4. The molecule has 1 amide bonds. The lowest BCUT2D eigenvalue weighted by Crippen LogP contribution is -2.24. The number of carbonyl (C=O) groups is 1. The molecule has 8 heteroatoms. The van der Waals surface area contributed by atoms with E-state index in [1.807, 2.05) is 0 Å². The largest absolute Gasteiger partial charge is 0.495 e. The molecule has 7 nitrogen and oxygen atoms in total. The number of anilines is 1. The molecule has 0 aliphatic carbocycles. The number of hydrogen-bond acceptors (Lipinski definition) is 5. The Morgan fingerprint density at radius 1 is 0.938 bits per heavy atom. The number of amides is 1. The SMILES string of the molecule is COc1ccccc1NC(=O)Cn1cc(S(=O)(=O)c2ccccc2)c(=O)c2ccccc21. The number of sulfone groups is 1. The molecule has 3 aromatic carbocycles. The van der Waals surface area contributed by atoms with E-state index in [1.165, 1.54) is 30.0 Å². The third-order valence-electron chi connectivity index (χ3n) is 4.99. The Morgan fingerprint density at radius 3 is 2.34 bits per heavy atom. The normalized spacial score (nSPS) is 11.3. The van der Waals surface area contributed by atoms with Crippen LogP contribution >= 0.6 is 0 Å². The first-order valence-electron chi connectivity index (χ1n) is 9.77. The first-order valence-corrected chi connectivity index (χ1v) is 11.3. The van der Waals surface area contributed by atoms with Gasteiger partial charge in [-0.15, -0.1) is 0 Å². The third kappa shape index (κ3) is 4.00. The number of fused-ring (bicyclic) bond motifs is 1. The molecular weight excluding hydrogens is 428 g/mol. The summed E-state index contributed by atoms with van der Waals surface area (Å²) in [5, 5.41) is 2.98. The number of carbonyl (C=O) groups excluding carboxylic acids is 1. The Hall–Kier alpha value is -3.91. The van der Waals surface area contributed by atoms with Gasteiger partial charge in [-0.1, -0.05) is 42.5 Å². The number of rotatable bonds is 6. The van der Waals surface area contributed by atoms with Gasteiger partial charge in [-0.2, -0.15) is 0 Å². The summed E-state index contributed by atoms with van der Waals surface area (Å²) >= 11 is 0. The summed E-state index contributed by atoms with van der Waals surface area (Å²) in [4.78, 5) is 25.5. The summed E-state index contributed by atoms with van der Waals surface area (Å²) in [6.45, 7) is -0.198. The average Bonchev–Trinajstić information content (AvgIpc) is 2.81. The lowest BCUT2D eigenvalue weighted by molar-refractivity contribution is -0.116. The van der Waals surface area contributed by atoms with Gasteiger partial charge in [0.25, 0.3) is 0 Å². The van der Waals surface area contributed by atoms with Crippen molar-refractivity contribution in [2.75, 3.05) is 12.4 Å². The highest BCUT2D eigenvalue weighted by Gasteiger charge is 2.24. The Balaban J connectivity index is 1.79. The molecular formula is C24H20N2O5S. The molecule has 0 radical (unpaired) electrons. The third-order valence-corrected chi connectivity index (χ3v) is 6.76. The summed E-state index contributed by atoms with van der Waals surface area (Å²) in [6, 6.07) is 21.3. The second-order valence-corrected chi connectivity index (χ2v) is 8.95. The van der Waals surface area contributed by atoms with Gasteiger partial charge in [-0.05, 0) is 36.4 Å². The van der Waals surface area contributed by atoms with E-state index in [9.17, 15) is 18.0 Å². The molecule has 1 aromatic heterocycles. The second kappa shape index (κ2) is 8.68. The molecule has 4 aromatic rings. The summed E-state index contributed by atoms with van der Waals surface area (Å²) in [7, 11) is -2.57. The second-order valence-electron chi connectivity index (χ2n) is 7.03. The number of benzene rings is 3. The van der Waals surface area contributed by atoms with E-state index < -0.39 is 21.2 Å². The molecule has 0 saturated carbocycles. The molecule has 0 unspecified atom stereocenters. The highest BCUT2D eigenvalue weighted by atomic mass is 32.2. The van der Waals surface area contributed by atoms with Crippen molar-refractivity contribution in [2.24, 2.45) is 0 Å². The Labute approximate surface area is 184 Å². The molecule has 0 aliphatic rings. The molecule has 1 heterocycles. The Morgan fingerprint density at radius 2 is 1.59 bits per heavy atom. The molecule has 4 rings (SSSR count). The molecule has 0 bridgehead atoms. The Bertz CT molecular complexity index is 1460. The van der Waals surface area contributed by atoms with E-state index in [-0.39, 0.29) is 21.7 Å². The van der Waals surface area contributed by atoms with Gasteiger partial charge >= 0.3 is 0 Å². The van der Waals surface area contributed by atoms with Crippen LogP contribution in [-0.4, -0.2) is 26.0 Å². The smallest absolute Gasteiger partial charge is 0.244 e. The van der Waals surface area contributed by atoms with Crippen LogP contribution in [0, 0.1) is 0 Å². The standard InChI is InChI=1S/C24H20N2O5S/c1-31-21-14-8-6-12-19(21)25-23(27)16-26-15-22(24(28)18-11-5-7-13-20(18)26)32(29,30)17-9-3-2-4-10-17/h2-15H,16H2,1H3,(H,25,27). The summed E-state index contributed by atoms with van der Waals surface area (Å²) in [6.07, 6.45) is 1.23. The number of methoxy groups -OCH3 is 1. The molecule has 0 fully saturated rings. The van der Waals surface area contributed by atoms with Gasteiger partial charge in [-0.25, -0.2) is 8.42 Å². The summed E-state index contributed by atoms with van der Waals surface area (Å²) in [5.41, 5.74) is 0.341. The molecule has 0 spiro atoms. The minimum absolute atomic E-state index is 0.0115. The van der Waals surface area contributed by atoms with Gasteiger partial charge in [-0.3, -0.25) is 9.59 Å². The minimum Gasteiger partial charge on any atom is -0.495 e. The van der Waals surface area contributed by atoms with E-state index in [1.54, 1.807) is 66.7 Å². The lowest BCUT2D eigenvalue weighted by Gasteiger charge is -2.15. The zero-order chi connectivity index (χ0) is 22.7. The van der Waals surface area contributed by atoms with Crippen molar-refractivity contribution in [3.63, 3.8) is 0 Å². The molecule has 0 atom stereocenters. The topological polar surface area (TPSA) is 94.5 Å². The van der Waals surface area contributed by atoms with Crippen LogP contribution in [0.1, 0.15) is 0 Å². The van der Waals surface area contributed by atoms with Gasteiger partial charge < -0.3 is 14.6 Å². The number of para-hydroxylation sites is 3. The van der Waals surface area contributed by atoms with Crippen molar-refractivity contribution in [1.82, 2.24) is 4.57 Å². The molecule has 0 saturated heterocycles. The highest BCUT2D eigenvalue weighted by molar-refractivity contribution is 7.91. The van der Waals surface area contributed by atoms with E-state index in [0.29, 0.717) is 17.0 Å². The number of nitrogens with zero attached hydrogens (tertiary/aromatic N) is 1. The highest BCUT2D eigenvalue weighted by Crippen LogP contribution is 2.24. The van der Waals surface area contributed by atoms with E-state index in [2.05, 4.69) is 5.32 Å². The van der Waals surface area contributed by atoms with Gasteiger partial charge in [0.05, 0.1) is 23.2 Å². The van der Waals surface area contributed by atoms with Gasteiger partial charge in [0.1, 0.15) is 17.2 Å². The van der Waals surface area contributed by atoms with Crippen LogP contribution in [0.5, 0.6) is 5.75 Å². The monoisotopic (exact) mass is 448 g/mol. The maximum Gasteiger partial charge on any atom is 0.244 e. The number of ether oxygens (including phenoxy) is 1. The van der Waals surface area contributed by atoms with E-state index in [0.717, 1.165) is 0 Å². The van der Waals surface area contributed by atoms with Crippen molar-refractivity contribution in [2.45, 2.75) is 16.3 Å². The molecule has 1 N–H and O–H groups in total. The van der Waals surface area contributed by atoms with Crippen molar-refractivity contribution in [3.05, 3.63) is 95.3 Å². The number of aromatic nitrogens is 1. The number of nitrogens with one attached hydrogen (secondary N) is 1. The summed E-state index contributed by atoms with van der Waals surface area (Å²) < 4.78 is 33.1. The number of hydrogen-bond donors (Lipinski definition) is 1. The Kier molecular flexibility index (Phi) is 5.79. The predicted octanol–water partition coefficient (Wildman–Crippen LogP) is 3.48. The maximum atomic E-state index is 13.2. The fourth-order valence-corrected chi connectivity index (χ4v) is 4.85. The molecule has 32 heavy (non-hydrogen) atoms. The van der Waals surface area contributed by atoms with Gasteiger partial charge in [0, 0.05) is 11.6 Å². The average molecular weight is 449 g/mol. The van der Waals surface area contributed by atoms with E-state index >= 15 is 0 Å². The molecule has 162 valence electrons. The van der Waals surface area contributed by atoms with E-state index in [4.69, 9.17) is 4.74 Å². The fourth-order valence-electron chi connectivity index (χ4n) is 3.46. The van der Waals surface area contributed by atoms with Gasteiger partial charge in [0.15, 0.2) is 0 Å². The minimum atomic E-state index is -4.07. The quantitative estimate of drug-likeness (QED) is 0.487. The lowest BCUT2D eigenvalue weighted by atomic mass is 10.2. The zero-order valence-electron chi connectivity index (χ0n) is 17.2. The predicted molar refractivity (Wildman–Crippen MR) is 122 cm³/mol. The van der Waals surface area contributed by atoms with Crippen LogP contribution in [0.25, 0.3) is 10.9 Å². The van der Waals surface area contributed by atoms with Crippen LogP contribution in [0.15, 0.2) is 99.6 Å². The first kappa shape index (κ1) is 21.3. The molecule has 0 aliphatic heterocycles. The van der Waals surface area contributed by atoms with Crippen LogP contribution in [0.3, 0.4) is 0 Å². The van der Waals surface area contributed by atoms with Crippen molar-refractivity contribution < 1.29 is 17.9 Å². The van der Waals surface area contributed by atoms with Crippen molar-refractivity contribution in [1.29, 1.82) is 0 Å². The number of pyridine rings is 1. The van der Waals surface area contributed by atoms with Crippen LogP contribution in [-0.2, 0) is 21.2 Å². The summed E-state index contributed by atoms with van der Waals surface area (Å²) in [5.74, 6) is 0.101. The van der Waals surface area contributed by atoms with Gasteiger partial charge in [0.2, 0.25) is 21.2 Å².